The van der Waals surface area contributed by atoms with Crippen LogP contribution in [0.15, 0.2) is 39.2 Å². The summed E-state index contributed by atoms with van der Waals surface area (Å²) in [5, 5.41) is 2.84. The van der Waals surface area contributed by atoms with Gasteiger partial charge in [0, 0.05) is 26.1 Å². The van der Waals surface area contributed by atoms with Crippen LogP contribution in [0.3, 0.4) is 0 Å². The third-order valence-corrected chi connectivity index (χ3v) is 8.31. The Bertz CT molecular complexity index is 950. The third-order valence-electron chi connectivity index (χ3n) is 4.81. The molecule has 29 heavy (non-hydrogen) atoms. The van der Waals surface area contributed by atoms with Crippen LogP contribution in [0.1, 0.15) is 18.6 Å². The van der Waals surface area contributed by atoms with E-state index in [1.165, 1.54) is 19.2 Å². The normalized spacial score (nSPS) is 15.6. The van der Waals surface area contributed by atoms with E-state index in [0.29, 0.717) is 42.6 Å². The summed E-state index contributed by atoms with van der Waals surface area (Å²) in [4.78, 5) is 26.4. The van der Waals surface area contributed by atoms with Gasteiger partial charge in [-0.25, -0.2) is 8.42 Å². The number of sulfonamides is 1. The van der Waals surface area contributed by atoms with Gasteiger partial charge in [-0.1, -0.05) is 11.6 Å². The van der Waals surface area contributed by atoms with Crippen LogP contribution in [0.4, 0.5) is 0 Å². The average molecular weight is 460 g/mol. The first-order valence-corrected chi connectivity index (χ1v) is 11.7. The Labute approximate surface area is 178 Å². The number of carbonyl (C=O) groups is 2. The first kappa shape index (κ1) is 21.8. The van der Waals surface area contributed by atoms with Gasteiger partial charge in [-0.05, 0) is 37.1 Å². The summed E-state index contributed by atoms with van der Waals surface area (Å²) >= 11 is 6.76. The molecule has 2 amide bonds. The molecule has 0 radical (unpaired) electrons. The van der Waals surface area contributed by atoms with Gasteiger partial charge >= 0.3 is 0 Å². The van der Waals surface area contributed by atoms with Crippen molar-refractivity contribution in [2.24, 2.45) is 5.92 Å². The minimum absolute atomic E-state index is 0.0669. The van der Waals surface area contributed by atoms with Crippen molar-refractivity contribution in [3.8, 4) is 0 Å². The zero-order chi connectivity index (χ0) is 21.0. The van der Waals surface area contributed by atoms with Crippen molar-refractivity contribution in [1.82, 2.24) is 14.5 Å². The number of amides is 2. The SMILES string of the molecule is CN(CC(=O)N1CCC(C(=O)NCc2ccco2)CC1)S(=O)(=O)c1ccc(Cl)s1. The van der Waals surface area contributed by atoms with Crippen LogP contribution in [0, 0.1) is 5.92 Å². The standard InChI is InChI=1S/C18H22ClN3O5S2/c1-21(29(25,26)17-5-4-15(19)28-17)12-16(23)22-8-6-13(7-9-22)18(24)20-11-14-3-2-10-27-14/h2-5,10,13H,6-9,11-12H2,1H3,(H,20,24). The number of thiophene rings is 1. The fraction of sp³-hybridized carbons (Fsp3) is 0.444. The van der Waals surface area contributed by atoms with E-state index < -0.39 is 10.0 Å². The van der Waals surface area contributed by atoms with Gasteiger partial charge in [0.25, 0.3) is 10.0 Å². The molecule has 0 unspecified atom stereocenters. The van der Waals surface area contributed by atoms with Crippen LogP contribution in [0.25, 0.3) is 0 Å². The summed E-state index contributed by atoms with van der Waals surface area (Å²) in [6.45, 7) is 0.903. The largest absolute Gasteiger partial charge is 0.467 e. The van der Waals surface area contributed by atoms with Crippen LogP contribution >= 0.6 is 22.9 Å². The highest BCUT2D eigenvalue weighted by Crippen LogP contribution is 2.27. The molecular weight excluding hydrogens is 438 g/mol. The van der Waals surface area contributed by atoms with Crippen molar-refractivity contribution in [2.75, 3.05) is 26.7 Å². The fourth-order valence-electron chi connectivity index (χ4n) is 3.09. The van der Waals surface area contributed by atoms with E-state index in [-0.39, 0.29) is 28.5 Å². The van der Waals surface area contributed by atoms with Crippen LogP contribution < -0.4 is 5.32 Å². The number of likely N-dealkylation sites (N-methyl/N-ethyl adjacent to an activating group) is 1. The van der Waals surface area contributed by atoms with Gasteiger partial charge in [0.2, 0.25) is 11.8 Å². The van der Waals surface area contributed by atoms with Gasteiger partial charge < -0.3 is 14.6 Å². The number of nitrogens with one attached hydrogen (secondary N) is 1. The topological polar surface area (TPSA) is 99.9 Å². The molecule has 1 N–H and O–H groups in total. The van der Waals surface area contributed by atoms with Crippen molar-refractivity contribution in [3.05, 3.63) is 40.6 Å². The molecule has 3 rings (SSSR count). The number of nitrogens with zero attached hydrogens (tertiary/aromatic N) is 2. The van der Waals surface area contributed by atoms with E-state index in [9.17, 15) is 18.0 Å². The number of hydrogen-bond acceptors (Lipinski definition) is 6. The molecule has 0 bridgehead atoms. The lowest BCUT2D eigenvalue weighted by Gasteiger charge is -2.32. The second-order valence-electron chi connectivity index (χ2n) is 6.77. The van der Waals surface area contributed by atoms with Crippen LogP contribution in [0.2, 0.25) is 4.34 Å². The molecule has 11 heteroatoms. The highest BCUT2D eigenvalue weighted by molar-refractivity contribution is 7.91. The number of hydrogen-bond donors (Lipinski definition) is 1. The fourth-order valence-corrected chi connectivity index (χ4v) is 5.90. The Hall–Kier alpha value is -1.88. The minimum Gasteiger partial charge on any atom is -0.467 e. The first-order chi connectivity index (χ1) is 13.8. The van der Waals surface area contributed by atoms with E-state index in [1.54, 1.807) is 23.3 Å². The van der Waals surface area contributed by atoms with Gasteiger partial charge in [-0.15, -0.1) is 11.3 Å². The molecule has 0 aliphatic carbocycles. The molecular formula is C18H22ClN3O5S2. The van der Waals surface area contributed by atoms with E-state index in [0.717, 1.165) is 15.6 Å². The van der Waals surface area contributed by atoms with Crippen LogP contribution in [-0.2, 0) is 26.2 Å². The van der Waals surface area contributed by atoms with Gasteiger partial charge in [0.15, 0.2) is 0 Å². The van der Waals surface area contributed by atoms with Crippen molar-refractivity contribution in [1.29, 1.82) is 0 Å². The molecule has 0 aromatic carbocycles. The molecule has 2 aromatic rings. The monoisotopic (exact) mass is 459 g/mol. The molecule has 0 spiro atoms. The molecule has 2 aromatic heterocycles. The molecule has 0 atom stereocenters. The number of rotatable bonds is 7. The number of furan rings is 1. The van der Waals surface area contributed by atoms with Crippen molar-refractivity contribution >= 4 is 44.8 Å². The first-order valence-electron chi connectivity index (χ1n) is 9.07. The molecule has 1 aliphatic heterocycles. The van der Waals surface area contributed by atoms with E-state index in [1.807, 2.05) is 0 Å². The lowest BCUT2D eigenvalue weighted by Crippen LogP contribution is -2.46. The highest BCUT2D eigenvalue weighted by atomic mass is 35.5. The zero-order valence-corrected chi connectivity index (χ0v) is 18.2. The maximum atomic E-state index is 12.5. The summed E-state index contributed by atoms with van der Waals surface area (Å²) in [5.41, 5.74) is 0. The van der Waals surface area contributed by atoms with Crippen LogP contribution in [-0.4, -0.2) is 56.1 Å². The maximum absolute atomic E-state index is 12.5. The number of likely N-dealkylation sites (tertiary alicyclic amines) is 1. The zero-order valence-electron chi connectivity index (χ0n) is 15.8. The lowest BCUT2D eigenvalue weighted by molar-refractivity contribution is -0.135. The van der Waals surface area contributed by atoms with Crippen LogP contribution in [0.5, 0.6) is 0 Å². The molecule has 3 heterocycles. The predicted octanol–water partition coefficient (Wildman–Crippen LogP) is 2.17. The van der Waals surface area contributed by atoms with Crippen molar-refractivity contribution in [2.45, 2.75) is 23.6 Å². The quantitative estimate of drug-likeness (QED) is 0.684. The van der Waals surface area contributed by atoms with Gasteiger partial charge in [0.05, 0.1) is 23.7 Å². The number of halogens is 1. The Morgan fingerprint density at radius 3 is 2.62 bits per heavy atom. The van der Waals surface area contributed by atoms with E-state index in [2.05, 4.69) is 5.32 Å². The number of carbonyl (C=O) groups excluding carboxylic acids is 2. The minimum atomic E-state index is -3.76. The highest BCUT2D eigenvalue weighted by Gasteiger charge is 2.30. The Morgan fingerprint density at radius 2 is 2.03 bits per heavy atom. The average Bonchev–Trinajstić information content (AvgIpc) is 3.38. The van der Waals surface area contributed by atoms with Gasteiger partial charge in [0.1, 0.15) is 9.97 Å². The second-order valence-corrected chi connectivity index (χ2v) is 10.8. The van der Waals surface area contributed by atoms with Crippen molar-refractivity contribution < 1.29 is 22.4 Å². The molecule has 158 valence electrons. The second kappa shape index (κ2) is 9.29. The summed E-state index contributed by atoms with van der Waals surface area (Å²) in [7, 11) is -2.39. The molecule has 8 nitrogen and oxygen atoms in total. The molecule has 1 fully saturated rings. The summed E-state index contributed by atoms with van der Waals surface area (Å²) in [6.07, 6.45) is 2.62. The Morgan fingerprint density at radius 1 is 1.31 bits per heavy atom. The summed E-state index contributed by atoms with van der Waals surface area (Å²) in [5.74, 6) is 0.155. The van der Waals surface area contributed by atoms with Crippen molar-refractivity contribution in [3.63, 3.8) is 0 Å². The van der Waals surface area contributed by atoms with Gasteiger partial charge in [-0.3, -0.25) is 9.59 Å². The molecule has 1 saturated heterocycles. The van der Waals surface area contributed by atoms with Gasteiger partial charge in [-0.2, -0.15) is 4.31 Å². The maximum Gasteiger partial charge on any atom is 0.252 e. The Kier molecular flexibility index (Phi) is 6.99. The third kappa shape index (κ3) is 5.39. The van der Waals surface area contributed by atoms with E-state index in [4.69, 9.17) is 16.0 Å². The summed E-state index contributed by atoms with van der Waals surface area (Å²) < 4.78 is 31.7. The Balaban J connectivity index is 1.47. The number of piperidine rings is 1. The lowest BCUT2D eigenvalue weighted by atomic mass is 9.96. The predicted molar refractivity (Wildman–Crippen MR) is 109 cm³/mol. The summed E-state index contributed by atoms with van der Waals surface area (Å²) in [6, 6.07) is 6.48. The van der Waals surface area contributed by atoms with E-state index >= 15 is 0 Å². The molecule has 1 aliphatic rings. The molecule has 0 saturated carbocycles. The smallest absolute Gasteiger partial charge is 0.252 e.